The minimum atomic E-state index is -3.49. The number of nitrogen functional groups attached to an aromatic ring is 1. The lowest BCUT2D eigenvalue weighted by atomic mass is 10.2. The lowest BCUT2D eigenvalue weighted by Crippen LogP contribution is -2.18. The van der Waals surface area contributed by atoms with Crippen molar-refractivity contribution in [2.45, 2.75) is 25.4 Å². The minimum Gasteiger partial charge on any atom is -0.368 e. The number of sulfone groups is 1. The molecule has 0 radical (unpaired) electrons. The van der Waals surface area contributed by atoms with Gasteiger partial charge in [0, 0.05) is 19.7 Å². The molecule has 2 aromatic heterocycles. The Balaban J connectivity index is 2.26. The first-order valence-electron chi connectivity index (χ1n) is 6.48. The quantitative estimate of drug-likeness (QED) is 0.821. The highest BCUT2D eigenvalue weighted by molar-refractivity contribution is 7.89. The molecule has 0 saturated carbocycles. The molecule has 0 atom stereocenters. The van der Waals surface area contributed by atoms with Crippen molar-refractivity contribution in [1.82, 2.24) is 20.1 Å². The van der Waals surface area contributed by atoms with Gasteiger partial charge in [0.25, 0.3) is 0 Å². The van der Waals surface area contributed by atoms with Gasteiger partial charge in [0.05, 0.1) is 11.4 Å². The van der Waals surface area contributed by atoms with Crippen LogP contribution in [0.15, 0.2) is 4.52 Å². The molecule has 0 unspecified atom stereocenters. The molecule has 120 valence electrons. The molecule has 10 heteroatoms. The minimum absolute atomic E-state index is 0.0127. The zero-order valence-corrected chi connectivity index (χ0v) is 13.7. The van der Waals surface area contributed by atoms with E-state index in [1.165, 1.54) is 0 Å². The molecule has 0 fully saturated rings. The number of hydrogen-bond acceptors (Lipinski definition) is 9. The second kappa shape index (κ2) is 5.87. The Kier molecular flexibility index (Phi) is 4.31. The van der Waals surface area contributed by atoms with Crippen molar-refractivity contribution in [3.05, 3.63) is 22.8 Å². The number of nitrogens with two attached hydrogens (primary N) is 1. The average Bonchev–Trinajstić information content (AvgIpc) is 2.68. The lowest BCUT2D eigenvalue weighted by Gasteiger charge is -2.11. The molecule has 9 nitrogen and oxygen atoms in total. The Bertz CT molecular complexity index is 765. The van der Waals surface area contributed by atoms with Crippen molar-refractivity contribution in [2.24, 2.45) is 0 Å². The molecule has 0 aromatic carbocycles. The maximum atomic E-state index is 12.3. The maximum absolute atomic E-state index is 12.3. The fourth-order valence-electron chi connectivity index (χ4n) is 1.87. The normalized spacial score (nSPS) is 11.6. The Morgan fingerprint density at radius 3 is 2.36 bits per heavy atom. The number of aromatic nitrogens is 4. The van der Waals surface area contributed by atoms with Crippen molar-refractivity contribution in [2.75, 3.05) is 24.7 Å². The van der Waals surface area contributed by atoms with E-state index in [4.69, 9.17) is 10.3 Å². The second-order valence-electron chi connectivity index (χ2n) is 5.14. The Morgan fingerprint density at radius 2 is 1.82 bits per heavy atom. The van der Waals surface area contributed by atoms with Crippen LogP contribution in [0.2, 0.25) is 0 Å². The Morgan fingerprint density at radius 1 is 1.14 bits per heavy atom. The highest BCUT2D eigenvalue weighted by Gasteiger charge is 2.21. The highest BCUT2D eigenvalue weighted by atomic mass is 32.2. The molecular weight excluding hydrogens is 308 g/mol. The second-order valence-corrected chi connectivity index (χ2v) is 7.20. The molecule has 0 aliphatic heterocycles. The van der Waals surface area contributed by atoms with Gasteiger partial charge in [-0.1, -0.05) is 5.16 Å². The first kappa shape index (κ1) is 16.1. The molecule has 0 aliphatic rings. The average molecular weight is 326 g/mol. The number of anilines is 2. The largest absolute Gasteiger partial charge is 0.368 e. The lowest BCUT2D eigenvalue weighted by molar-refractivity contribution is 0.392. The van der Waals surface area contributed by atoms with Gasteiger partial charge in [-0.15, -0.1) is 0 Å². The zero-order chi connectivity index (χ0) is 16.5. The molecule has 0 spiro atoms. The van der Waals surface area contributed by atoms with Crippen LogP contribution in [0.1, 0.15) is 22.8 Å². The summed E-state index contributed by atoms with van der Waals surface area (Å²) in [5.74, 6) is 0.395. The van der Waals surface area contributed by atoms with Crippen LogP contribution in [0.4, 0.5) is 11.9 Å². The predicted octanol–water partition coefficient (Wildman–Crippen LogP) is 0.240. The molecular formula is C12H18N6O3S. The number of aryl methyl sites for hydroxylation is 2. The van der Waals surface area contributed by atoms with E-state index in [0.717, 1.165) is 0 Å². The van der Waals surface area contributed by atoms with Crippen LogP contribution in [0.25, 0.3) is 0 Å². The van der Waals surface area contributed by atoms with Gasteiger partial charge in [-0.2, -0.15) is 15.0 Å². The highest BCUT2D eigenvalue weighted by Crippen LogP contribution is 2.18. The van der Waals surface area contributed by atoms with Gasteiger partial charge in [0.1, 0.15) is 11.5 Å². The summed E-state index contributed by atoms with van der Waals surface area (Å²) in [7, 11) is -0.0226. The van der Waals surface area contributed by atoms with E-state index in [-0.39, 0.29) is 23.3 Å². The first-order chi connectivity index (χ1) is 10.2. The number of rotatable bonds is 5. The van der Waals surface area contributed by atoms with Crippen molar-refractivity contribution >= 4 is 21.7 Å². The number of hydrogen-bond donors (Lipinski definition) is 1. The third kappa shape index (κ3) is 3.70. The van der Waals surface area contributed by atoms with E-state index in [1.807, 2.05) is 0 Å². The summed E-state index contributed by atoms with van der Waals surface area (Å²) < 4.78 is 29.7. The van der Waals surface area contributed by atoms with Gasteiger partial charge in [-0.25, -0.2) is 8.42 Å². The predicted molar refractivity (Wildman–Crippen MR) is 80.9 cm³/mol. The van der Waals surface area contributed by atoms with Gasteiger partial charge in [0.2, 0.25) is 11.9 Å². The van der Waals surface area contributed by atoms with Crippen LogP contribution in [0.5, 0.6) is 0 Å². The van der Waals surface area contributed by atoms with E-state index in [2.05, 4.69) is 20.1 Å². The molecule has 0 amide bonds. The summed E-state index contributed by atoms with van der Waals surface area (Å²) in [6.45, 7) is 3.38. The maximum Gasteiger partial charge on any atom is 0.229 e. The van der Waals surface area contributed by atoms with Crippen LogP contribution >= 0.6 is 0 Å². The fourth-order valence-corrected chi connectivity index (χ4v) is 3.34. The summed E-state index contributed by atoms with van der Waals surface area (Å²) in [5, 5.41) is 3.75. The molecule has 0 aliphatic carbocycles. The summed E-state index contributed by atoms with van der Waals surface area (Å²) in [6.07, 6.45) is 0. The van der Waals surface area contributed by atoms with E-state index in [0.29, 0.717) is 23.0 Å². The zero-order valence-electron chi connectivity index (χ0n) is 12.9. The molecule has 2 heterocycles. The Hall–Kier alpha value is -2.23. The van der Waals surface area contributed by atoms with Crippen molar-refractivity contribution < 1.29 is 12.9 Å². The number of nitrogens with zero attached hydrogens (tertiary/aromatic N) is 5. The van der Waals surface area contributed by atoms with Crippen molar-refractivity contribution in [1.29, 1.82) is 0 Å². The molecule has 2 rings (SSSR count). The first-order valence-corrected chi connectivity index (χ1v) is 8.30. The van der Waals surface area contributed by atoms with Gasteiger partial charge < -0.3 is 15.2 Å². The van der Waals surface area contributed by atoms with Gasteiger partial charge in [0.15, 0.2) is 15.7 Å². The third-order valence-corrected chi connectivity index (χ3v) is 4.41. The molecule has 22 heavy (non-hydrogen) atoms. The summed E-state index contributed by atoms with van der Waals surface area (Å²) in [4.78, 5) is 13.5. The van der Waals surface area contributed by atoms with Crippen LogP contribution in [-0.2, 0) is 21.3 Å². The molecule has 2 aromatic rings. The molecule has 0 saturated heterocycles. The van der Waals surface area contributed by atoms with Crippen LogP contribution in [-0.4, -0.2) is 42.6 Å². The van der Waals surface area contributed by atoms with E-state index in [9.17, 15) is 8.42 Å². The topological polar surface area (TPSA) is 128 Å². The van der Waals surface area contributed by atoms with Crippen LogP contribution < -0.4 is 10.6 Å². The van der Waals surface area contributed by atoms with Crippen molar-refractivity contribution in [3.8, 4) is 0 Å². The molecule has 0 bridgehead atoms. The van der Waals surface area contributed by atoms with Crippen LogP contribution in [0, 0.1) is 13.8 Å². The molecule has 2 N–H and O–H groups in total. The standard InChI is InChI=1S/C12H18N6O3S/c1-7-9(8(2)21-17-7)5-22(19,20)6-10-14-11(13)16-12(15-10)18(3)4/h5-6H2,1-4H3,(H2,13,14,15,16). The van der Waals surface area contributed by atoms with Crippen LogP contribution in [0.3, 0.4) is 0 Å². The van der Waals surface area contributed by atoms with Gasteiger partial charge in [-0.05, 0) is 13.8 Å². The van der Waals surface area contributed by atoms with E-state index >= 15 is 0 Å². The third-order valence-electron chi connectivity index (χ3n) is 2.98. The Labute approximate surface area is 128 Å². The monoisotopic (exact) mass is 326 g/mol. The van der Waals surface area contributed by atoms with E-state index < -0.39 is 9.84 Å². The van der Waals surface area contributed by atoms with Gasteiger partial charge in [-0.3, -0.25) is 0 Å². The smallest absolute Gasteiger partial charge is 0.229 e. The summed E-state index contributed by atoms with van der Waals surface area (Å²) in [6, 6.07) is 0. The SMILES string of the molecule is Cc1noc(C)c1CS(=O)(=O)Cc1nc(N)nc(N(C)C)n1. The fraction of sp³-hybridized carbons (Fsp3) is 0.500. The van der Waals surface area contributed by atoms with Gasteiger partial charge >= 0.3 is 0 Å². The van der Waals surface area contributed by atoms with E-state index in [1.54, 1.807) is 32.8 Å². The summed E-state index contributed by atoms with van der Waals surface area (Å²) >= 11 is 0. The van der Waals surface area contributed by atoms with Crippen molar-refractivity contribution in [3.63, 3.8) is 0 Å². The summed E-state index contributed by atoms with van der Waals surface area (Å²) in [5.41, 5.74) is 6.72.